The van der Waals surface area contributed by atoms with Crippen LogP contribution in [0.25, 0.3) is 0 Å². The van der Waals surface area contributed by atoms with Crippen molar-refractivity contribution in [2.45, 2.75) is 38.6 Å². The third-order valence-corrected chi connectivity index (χ3v) is 3.97. The summed E-state index contributed by atoms with van der Waals surface area (Å²) in [7, 11) is 0. The van der Waals surface area contributed by atoms with E-state index >= 15 is 0 Å². The van der Waals surface area contributed by atoms with Crippen LogP contribution in [0.4, 0.5) is 8.78 Å². The molecule has 21 heavy (non-hydrogen) atoms. The summed E-state index contributed by atoms with van der Waals surface area (Å²) in [4.78, 5) is 0. The molecule has 0 unspecified atom stereocenters. The molecule has 1 aliphatic carbocycles. The fraction of sp³-hybridized carbons (Fsp3) is 0.467. The van der Waals surface area contributed by atoms with Gasteiger partial charge in [0, 0.05) is 17.7 Å². The van der Waals surface area contributed by atoms with Gasteiger partial charge in [0.2, 0.25) is 0 Å². The summed E-state index contributed by atoms with van der Waals surface area (Å²) in [6.45, 7) is 2.20. The van der Waals surface area contributed by atoms with Gasteiger partial charge in [-0.05, 0) is 43.1 Å². The van der Waals surface area contributed by atoms with Crippen LogP contribution < -0.4 is 10.7 Å². The maximum atomic E-state index is 13.4. The Hall–Kier alpha value is -1.56. The molecule has 0 aromatic heterocycles. The average molecular weight is 311 g/mol. The first-order valence-electron chi connectivity index (χ1n) is 7.11. The van der Waals surface area contributed by atoms with E-state index in [0.717, 1.165) is 12.5 Å². The van der Waals surface area contributed by atoms with Gasteiger partial charge >= 0.3 is 0 Å². The topological polar surface area (TPSA) is 36.4 Å². The monoisotopic (exact) mass is 311 g/mol. The number of nitrogens with one attached hydrogen (secondary N) is 2. The average Bonchev–Trinajstić information content (AvgIpc) is 2.44. The number of nitrogens with zero attached hydrogens (tertiary/aromatic N) is 1. The number of thiocarbonyl (C=S) groups is 1. The maximum absolute atomic E-state index is 13.4. The van der Waals surface area contributed by atoms with Gasteiger partial charge in [0.1, 0.15) is 11.6 Å². The van der Waals surface area contributed by atoms with Crippen LogP contribution in [0, 0.1) is 17.6 Å². The molecule has 0 radical (unpaired) electrons. The summed E-state index contributed by atoms with van der Waals surface area (Å²) < 4.78 is 26.2. The summed E-state index contributed by atoms with van der Waals surface area (Å²) in [6.07, 6.45) is 6.05. The Morgan fingerprint density at radius 2 is 2.10 bits per heavy atom. The minimum Gasteiger partial charge on any atom is -0.358 e. The van der Waals surface area contributed by atoms with Crippen molar-refractivity contribution < 1.29 is 8.78 Å². The molecule has 2 rings (SSSR count). The minimum atomic E-state index is -0.652. The lowest BCUT2D eigenvalue weighted by atomic mass is 9.86. The highest BCUT2D eigenvalue weighted by Gasteiger charge is 2.21. The second-order valence-electron chi connectivity index (χ2n) is 5.38. The lowest BCUT2D eigenvalue weighted by Gasteiger charge is -2.30. The molecule has 114 valence electrons. The van der Waals surface area contributed by atoms with E-state index in [2.05, 4.69) is 22.8 Å². The standard InChI is InChI=1S/C15H19F2N3S/c1-10-4-2-3-5-14(10)19-15(21)20-18-9-11-6-7-12(16)8-13(11)17/h6-10,14H,2-5H2,1H3,(H2,19,20,21)/b18-9-/t10-,14+/m0/s1. The van der Waals surface area contributed by atoms with E-state index in [0.29, 0.717) is 17.1 Å². The van der Waals surface area contributed by atoms with Crippen molar-refractivity contribution in [1.29, 1.82) is 0 Å². The predicted molar refractivity (Wildman–Crippen MR) is 84.2 cm³/mol. The van der Waals surface area contributed by atoms with Gasteiger partial charge in [0.05, 0.1) is 6.21 Å². The molecule has 3 nitrogen and oxygen atoms in total. The molecule has 1 aromatic carbocycles. The third-order valence-electron chi connectivity index (χ3n) is 3.76. The quantitative estimate of drug-likeness (QED) is 0.511. The smallest absolute Gasteiger partial charge is 0.187 e. The molecule has 1 saturated carbocycles. The van der Waals surface area contributed by atoms with Crippen molar-refractivity contribution in [2.24, 2.45) is 11.0 Å². The molecule has 0 saturated heterocycles. The second-order valence-corrected chi connectivity index (χ2v) is 5.79. The van der Waals surface area contributed by atoms with Gasteiger partial charge in [-0.2, -0.15) is 5.10 Å². The van der Waals surface area contributed by atoms with Crippen molar-refractivity contribution in [3.05, 3.63) is 35.4 Å². The molecule has 2 atom stereocenters. The van der Waals surface area contributed by atoms with Gasteiger partial charge in [0.25, 0.3) is 0 Å². The Morgan fingerprint density at radius 3 is 2.81 bits per heavy atom. The van der Waals surface area contributed by atoms with Gasteiger partial charge in [-0.3, -0.25) is 5.43 Å². The SMILES string of the molecule is C[C@H]1CCCC[C@H]1NC(=S)N/N=C\c1ccc(F)cc1F. The van der Waals surface area contributed by atoms with Crippen LogP contribution in [0.5, 0.6) is 0 Å². The molecule has 0 spiro atoms. The van der Waals surface area contributed by atoms with Crippen LogP contribution in [0.1, 0.15) is 38.2 Å². The molecule has 1 aromatic rings. The van der Waals surface area contributed by atoms with Crippen LogP contribution in [-0.2, 0) is 0 Å². The van der Waals surface area contributed by atoms with E-state index in [1.165, 1.54) is 37.6 Å². The van der Waals surface area contributed by atoms with E-state index in [1.54, 1.807) is 0 Å². The van der Waals surface area contributed by atoms with E-state index in [1.807, 2.05) is 0 Å². The summed E-state index contributed by atoms with van der Waals surface area (Å²) in [6, 6.07) is 3.69. The second kappa shape index (κ2) is 7.45. The predicted octanol–water partition coefficient (Wildman–Crippen LogP) is 3.34. The summed E-state index contributed by atoms with van der Waals surface area (Å²) in [5, 5.41) is 7.54. The normalized spacial score (nSPS) is 22.2. The van der Waals surface area contributed by atoms with Gasteiger partial charge in [0.15, 0.2) is 5.11 Å². The first kappa shape index (κ1) is 15.8. The zero-order valence-corrected chi connectivity index (χ0v) is 12.7. The maximum Gasteiger partial charge on any atom is 0.187 e. The number of hydrogen-bond donors (Lipinski definition) is 2. The Bertz CT molecular complexity index is 534. The number of hydrogen-bond acceptors (Lipinski definition) is 2. The van der Waals surface area contributed by atoms with Crippen molar-refractivity contribution in [3.63, 3.8) is 0 Å². The van der Waals surface area contributed by atoms with Crippen molar-refractivity contribution in [3.8, 4) is 0 Å². The fourth-order valence-corrected chi connectivity index (χ4v) is 2.70. The zero-order chi connectivity index (χ0) is 15.2. The largest absolute Gasteiger partial charge is 0.358 e. The first-order valence-corrected chi connectivity index (χ1v) is 7.51. The van der Waals surface area contributed by atoms with Crippen LogP contribution in [0.3, 0.4) is 0 Å². The first-order chi connectivity index (χ1) is 10.1. The highest BCUT2D eigenvalue weighted by Crippen LogP contribution is 2.23. The Labute approximate surface area is 128 Å². The summed E-state index contributed by atoms with van der Waals surface area (Å²) in [5.74, 6) is -0.682. The molecule has 0 bridgehead atoms. The van der Waals surface area contributed by atoms with Crippen LogP contribution >= 0.6 is 12.2 Å². The van der Waals surface area contributed by atoms with Crippen LogP contribution in [-0.4, -0.2) is 17.4 Å². The lowest BCUT2D eigenvalue weighted by Crippen LogP contribution is -2.44. The van der Waals surface area contributed by atoms with Crippen molar-refractivity contribution in [1.82, 2.24) is 10.7 Å². The van der Waals surface area contributed by atoms with E-state index in [-0.39, 0.29) is 5.56 Å². The van der Waals surface area contributed by atoms with Crippen LogP contribution in [0.2, 0.25) is 0 Å². The summed E-state index contributed by atoms with van der Waals surface area (Å²) >= 11 is 5.17. The molecule has 1 fully saturated rings. The Morgan fingerprint density at radius 1 is 1.33 bits per heavy atom. The Balaban J connectivity index is 1.84. The van der Waals surface area contributed by atoms with E-state index in [4.69, 9.17) is 12.2 Å². The molecular weight excluding hydrogens is 292 g/mol. The van der Waals surface area contributed by atoms with Gasteiger partial charge in [-0.25, -0.2) is 8.78 Å². The molecular formula is C15H19F2N3S. The minimum absolute atomic E-state index is 0.206. The number of halogens is 2. The molecule has 0 heterocycles. The van der Waals surface area contributed by atoms with Crippen LogP contribution in [0.15, 0.2) is 23.3 Å². The molecule has 1 aliphatic rings. The molecule has 0 amide bonds. The molecule has 0 aliphatic heterocycles. The number of benzene rings is 1. The zero-order valence-electron chi connectivity index (χ0n) is 11.9. The third kappa shape index (κ3) is 4.74. The highest BCUT2D eigenvalue weighted by atomic mass is 32.1. The van der Waals surface area contributed by atoms with Gasteiger partial charge < -0.3 is 5.32 Å². The fourth-order valence-electron chi connectivity index (χ4n) is 2.50. The highest BCUT2D eigenvalue weighted by molar-refractivity contribution is 7.80. The number of rotatable bonds is 3. The molecule has 6 heteroatoms. The lowest BCUT2D eigenvalue weighted by molar-refractivity contribution is 0.308. The molecule has 2 N–H and O–H groups in total. The summed E-state index contributed by atoms with van der Waals surface area (Å²) in [5.41, 5.74) is 2.88. The van der Waals surface area contributed by atoms with E-state index in [9.17, 15) is 8.78 Å². The van der Waals surface area contributed by atoms with Gasteiger partial charge in [-0.1, -0.05) is 19.8 Å². The van der Waals surface area contributed by atoms with Crippen molar-refractivity contribution in [2.75, 3.05) is 0 Å². The Kier molecular flexibility index (Phi) is 5.61. The number of hydrazone groups is 1. The van der Waals surface area contributed by atoms with Crippen molar-refractivity contribution >= 4 is 23.5 Å². The van der Waals surface area contributed by atoms with Gasteiger partial charge in [-0.15, -0.1) is 0 Å². The van der Waals surface area contributed by atoms with E-state index < -0.39 is 11.6 Å².